The van der Waals surface area contributed by atoms with Gasteiger partial charge in [-0.15, -0.1) is 0 Å². The number of rotatable bonds is 5. The molecule has 102 valence electrons. The van der Waals surface area contributed by atoms with Crippen molar-refractivity contribution >= 4 is 17.9 Å². The van der Waals surface area contributed by atoms with E-state index in [1.54, 1.807) is 0 Å². The first-order valence-corrected chi connectivity index (χ1v) is 6.12. The third kappa shape index (κ3) is 4.23. The molecule has 1 aliphatic heterocycles. The fraction of sp³-hybridized carbons (Fsp3) is 0.727. The van der Waals surface area contributed by atoms with Gasteiger partial charge in [0.1, 0.15) is 12.1 Å². The number of hydrogen-bond acceptors (Lipinski definition) is 3. The molecule has 0 aromatic carbocycles. The van der Waals surface area contributed by atoms with Gasteiger partial charge in [-0.05, 0) is 19.3 Å². The van der Waals surface area contributed by atoms with Crippen LogP contribution in [-0.4, -0.2) is 41.6 Å². The van der Waals surface area contributed by atoms with Crippen LogP contribution in [0.5, 0.6) is 0 Å². The van der Waals surface area contributed by atoms with E-state index in [2.05, 4.69) is 16.0 Å². The normalized spacial score (nSPS) is 20.7. The van der Waals surface area contributed by atoms with E-state index in [-0.39, 0.29) is 5.91 Å². The third-order valence-corrected chi connectivity index (χ3v) is 2.77. The predicted molar refractivity (Wildman–Crippen MR) is 64.0 cm³/mol. The van der Waals surface area contributed by atoms with Gasteiger partial charge in [-0.1, -0.05) is 13.3 Å². The Bertz CT molecular complexity index is 324. The van der Waals surface area contributed by atoms with Crippen LogP contribution in [0.3, 0.4) is 0 Å². The zero-order valence-electron chi connectivity index (χ0n) is 10.4. The summed E-state index contributed by atoms with van der Waals surface area (Å²) in [5, 5.41) is 16.4. The molecule has 2 atom stereocenters. The van der Waals surface area contributed by atoms with E-state index in [1.165, 1.54) is 0 Å². The first-order valence-electron chi connectivity index (χ1n) is 6.12. The van der Waals surface area contributed by atoms with E-state index in [0.29, 0.717) is 25.8 Å². The molecule has 1 fully saturated rings. The summed E-state index contributed by atoms with van der Waals surface area (Å²) in [5.41, 5.74) is 0. The molecule has 4 N–H and O–H groups in total. The quantitative estimate of drug-likeness (QED) is 0.548. The Hall–Kier alpha value is -1.79. The molecule has 1 aliphatic rings. The number of piperidine rings is 1. The van der Waals surface area contributed by atoms with Gasteiger partial charge in [-0.3, -0.25) is 4.79 Å². The average molecular weight is 257 g/mol. The molecule has 3 amide bonds. The molecule has 0 aromatic heterocycles. The first-order chi connectivity index (χ1) is 8.54. The Kier molecular flexibility index (Phi) is 5.41. The monoisotopic (exact) mass is 257 g/mol. The Labute approximate surface area is 105 Å². The summed E-state index contributed by atoms with van der Waals surface area (Å²) in [6.07, 6.45) is 2.39. The molecule has 1 saturated heterocycles. The van der Waals surface area contributed by atoms with E-state index >= 15 is 0 Å². The van der Waals surface area contributed by atoms with Crippen LogP contribution >= 0.6 is 0 Å². The molecule has 1 heterocycles. The summed E-state index contributed by atoms with van der Waals surface area (Å²) >= 11 is 0. The van der Waals surface area contributed by atoms with Gasteiger partial charge >= 0.3 is 12.0 Å². The van der Waals surface area contributed by atoms with E-state index in [9.17, 15) is 14.4 Å². The Morgan fingerprint density at radius 3 is 2.83 bits per heavy atom. The summed E-state index contributed by atoms with van der Waals surface area (Å²) in [5.74, 6) is -1.29. The first kappa shape index (κ1) is 14.3. The van der Waals surface area contributed by atoms with Crippen molar-refractivity contribution in [1.82, 2.24) is 16.0 Å². The molecular weight excluding hydrogens is 238 g/mol. The second kappa shape index (κ2) is 6.83. The number of carbonyl (C=O) groups excluding carboxylic acids is 2. The smallest absolute Gasteiger partial charge is 0.326 e. The molecule has 7 heteroatoms. The number of carboxylic acids is 1. The molecule has 0 spiro atoms. The zero-order chi connectivity index (χ0) is 13.5. The molecule has 1 rings (SSSR count). The lowest BCUT2D eigenvalue weighted by atomic mass is 10.1. The van der Waals surface area contributed by atoms with Crippen molar-refractivity contribution in [3.63, 3.8) is 0 Å². The topological polar surface area (TPSA) is 108 Å². The minimum atomic E-state index is -1.07. The molecule has 0 aliphatic carbocycles. The van der Waals surface area contributed by atoms with Crippen molar-refractivity contribution < 1.29 is 19.5 Å². The van der Waals surface area contributed by atoms with Crippen molar-refractivity contribution in [1.29, 1.82) is 0 Å². The maximum Gasteiger partial charge on any atom is 0.326 e. The fourth-order valence-electron chi connectivity index (χ4n) is 1.81. The van der Waals surface area contributed by atoms with Crippen molar-refractivity contribution in [2.75, 3.05) is 6.54 Å². The molecule has 0 bridgehead atoms. The molecule has 18 heavy (non-hydrogen) atoms. The molecule has 7 nitrogen and oxygen atoms in total. The largest absolute Gasteiger partial charge is 0.480 e. The van der Waals surface area contributed by atoms with Gasteiger partial charge in [0.05, 0.1) is 0 Å². The molecule has 2 unspecified atom stereocenters. The highest BCUT2D eigenvalue weighted by atomic mass is 16.4. The third-order valence-electron chi connectivity index (χ3n) is 2.77. The number of urea groups is 1. The van der Waals surface area contributed by atoms with Crippen molar-refractivity contribution in [3.8, 4) is 0 Å². The van der Waals surface area contributed by atoms with Crippen LogP contribution in [0.25, 0.3) is 0 Å². The van der Waals surface area contributed by atoms with E-state index in [4.69, 9.17) is 5.11 Å². The summed E-state index contributed by atoms with van der Waals surface area (Å²) in [4.78, 5) is 33.8. The maximum atomic E-state index is 11.6. The van der Waals surface area contributed by atoms with E-state index < -0.39 is 24.1 Å². The number of aliphatic carboxylic acids is 1. The van der Waals surface area contributed by atoms with E-state index in [1.807, 2.05) is 6.92 Å². The van der Waals surface area contributed by atoms with Gasteiger partial charge in [0.2, 0.25) is 5.91 Å². The van der Waals surface area contributed by atoms with Crippen LogP contribution in [0.4, 0.5) is 4.79 Å². The predicted octanol–water partition coefficient (Wildman–Crippen LogP) is -0.182. The van der Waals surface area contributed by atoms with Crippen molar-refractivity contribution in [3.05, 3.63) is 0 Å². The minimum Gasteiger partial charge on any atom is -0.480 e. The second-order valence-electron chi connectivity index (χ2n) is 4.28. The highest BCUT2D eigenvalue weighted by Crippen LogP contribution is 2.03. The van der Waals surface area contributed by atoms with Crippen LogP contribution in [0.1, 0.15) is 32.6 Å². The fourth-order valence-corrected chi connectivity index (χ4v) is 1.81. The van der Waals surface area contributed by atoms with Crippen molar-refractivity contribution in [2.24, 2.45) is 0 Å². The van der Waals surface area contributed by atoms with Gasteiger partial charge in [-0.25, -0.2) is 9.59 Å². The van der Waals surface area contributed by atoms with Gasteiger partial charge < -0.3 is 21.1 Å². The number of carboxylic acid groups (broad SMARTS) is 1. The number of nitrogens with one attached hydrogen (secondary N) is 3. The van der Waals surface area contributed by atoms with Crippen LogP contribution < -0.4 is 16.0 Å². The van der Waals surface area contributed by atoms with Crippen LogP contribution in [0.15, 0.2) is 0 Å². The summed E-state index contributed by atoms with van der Waals surface area (Å²) in [6, 6.07) is -2.10. The van der Waals surface area contributed by atoms with Gasteiger partial charge in [0.15, 0.2) is 0 Å². The average Bonchev–Trinajstić information content (AvgIpc) is 2.31. The lowest BCUT2D eigenvalue weighted by Crippen LogP contribution is -2.55. The van der Waals surface area contributed by atoms with Crippen LogP contribution in [0.2, 0.25) is 0 Å². The molecule has 0 radical (unpaired) electrons. The lowest BCUT2D eigenvalue weighted by Gasteiger charge is -2.23. The standard InChI is InChI=1S/C11H19N3O4/c1-2-4-8(10(16)17)14-11(18)13-7-5-3-6-12-9(7)15/h7-8H,2-6H2,1H3,(H,12,15)(H,16,17)(H2,13,14,18). The zero-order valence-corrected chi connectivity index (χ0v) is 10.4. The van der Waals surface area contributed by atoms with Crippen LogP contribution in [-0.2, 0) is 9.59 Å². The number of amides is 3. The van der Waals surface area contributed by atoms with Crippen molar-refractivity contribution in [2.45, 2.75) is 44.7 Å². The Morgan fingerprint density at radius 1 is 1.56 bits per heavy atom. The summed E-state index contributed by atoms with van der Waals surface area (Å²) in [7, 11) is 0. The Balaban J connectivity index is 2.44. The Morgan fingerprint density at radius 2 is 2.28 bits per heavy atom. The molecular formula is C11H19N3O4. The maximum absolute atomic E-state index is 11.6. The SMILES string of the molecule is CCCC(NC(=O)NC1CCCNC1=O)C(=O)O. The number of hydrogen-bond donors (Lipinski definition) is 4. The summed E-state index contributed by atoms with van der Waals surface area (Å²) < 4.78 is 0. The highest BCUT2D eigenvalue weighted by Gasteiger charge is 2.25. The second-order valence-corrected chi connectivity index (χ2v) is 4.28. The highest BCUT2D eigenvalue weighted by molar-refractivity contribution is 5.89. The van der Waals surface area contributed by atoms with Gasteiger partial charge in [0, 0.05) is 6.54 Å². The van der Waals surface area contributed by atoms with Crippen LogP contribution in [0, 0.1) is 0 Å². The molecule has 0 saturated carbocycles. The van der Waals surface area contributed by atoms with Gasteiger partial charge in [-0.2, -0.15) is 0 Å². The van der Waals surface area contributed by atoms with E-state index in [0.717, 1.165) is 6.42 Å². The minimum absolute atomic E-state index is 0.223. The van der Waals surface area contributed by atoms with Gasteiger partial charge in [0.25, 0.3) is 0 Å². The summed E-state index contributed by atoms with van der Waals surface area (Å²) in [6.45, 7) is 2.45. The molecule has 0 aromatic rings. The number of carbonyl (C=O) groups is 3. The lowest BCUT2D eigenvalue weighted by molar-refractivity contribution is -0.139.